The first-order chi connectivity index (χ1) is 9.15. The molecule has 0 aliphatic carbocycles. The maximum Gasteiger partial charge on any atom is 0.326 e. The Bertz CT molecular complexity index is 665. The van der Waals surface area contributed by atoms with Crippen LogP contribution in [0.4, 0.5) is 0 Å². The van der Waals surface area contributed by atoms with Crippen molar-refractivity contribution in [2.24, 2.45) is 0 Å². The van der Waals surface area contributed by atoms with Crippen molar-refractivity contribution in [1.82, 2.24) is 5.32 Å². The van der Waals surface area contributed by atoms with Gasteiger partial charge in [-0.2, -0.15) is 0 Å². The first kappa shape index (κ1) is 11.7. The molecule has 0 saturated carbocycles. The summed E-state index contributed by atoms with van der Waals surface area (Å²) in [4.78, 5) is 22.6. The smallest absolute Gasteiger partial charge is 0.326 e. The number of carbonyl (C=O) groups is 2. The SMILES string of the molecule is O=C1C[C@@H](c2ccc3ccccc3c2)[C@H](C(=O)O)N1. The van der Waals surface area contributed by atoms with Crippen LogP contribution in [-0.4, -0.2) is 23.0 Å². The van der Waals surface area contributed by atoms with Crippen molar-refractivity contribution in [2.75, 3.05) is 0 Å². The number of benzene rings is 2. The second-order valence-electron chi connectivity index (χ2n) is 4.80. The molecule has 1 heterocycles. The van der Waals surface area contributed by atoms with E-state index in [1.807, 2.05) is 42.5 Å². The van der Waals surface area contributed by atoms with Gasteiger partial charge in [-0.1, -0.05) is 42.5 Å². The molecule has 0 bridgehead atoms. The zero-order valence-corrected chi connectivity index (χ0v) is 10.2. The molecule has 96 valence electrons. The van der Waals surface area contributed by atoms with E-state index in [-0.39, 0.29) is 18.2 Å². The van der Waals surface area contributed by atoms with Gasteiger partial charge in [0.1, 0.15) is 6.04 Å². The maximum absolute atomic E-state index is 11.4. The Morgan fingerprint density at radius 2 is 1.89 bits per heavy atom. The molecule has 1 aliphatic heterocycles. The number of amides is 1. The van der Waals surface area contributed by atoms with Gasteiger partial charge in [0.15, 0.2) is 0 Å². The Morgan fingerprint density at radius 1 is 1.16 bits per heavy atom. The van der Waals surface area contributed by atoms with E-state index in [1.165, 1.54) is 0 Å². The van der Waals surface area contributed by atoms with E-state index in [0.717, 1.165) is 16.3 Å². The van der Waals surface area contributed by atoms with E-state index in [0.29, 0.717) is 0 Å². The summed E-state index contributed by atoms with van der Waals surface area (Å²) in [5.74, 6) is -1.48. The van der Waals surface area contributed by atoms with Gasteiger partial charge in [0.05, 0.1) is 0 Å². The minimum absolute atomic E-state index is 0.203. The summed E-state index contributed by atoms with van der Waals surface area (Å²) in [5, 5.41) is 13.8. The highest BCUT2D eigenvalue weighted by Crippen LogP contribution is 2.30. The molecule has 19 heavy (non-hydrogen) atoms. The highest BCUT2D eigenvalue weighted by molar-refractivity contribution is 5.90. The van der Waals surface area contributed by atoms with Crippen LogP contribution in [0.15, 0.2) is 42.5 Å². The van der Waals surface area contributed by atoms with Crippen molar-refractivity contribution in [3.8, 4) is 0 Å². The van der Waals surface area contributed by atoms with E-state index in [9.17, 15) is 9.59 Å². The molecule has 2 aromatic rings. The van der Waals surface area contributed by atoms with Crippen molar-refractivity contribution in [2.45, 2.75) is 18.4 Å². The Morgan fingerprint density at radius 3 is 2.63 bits per heavy atom. The van der Waals surface area contributed by atoms with E-state index >= 15 is 0 Å². The first-order valence-corrected chi connectivity index (χ1v) is 6.16. The molecule has 1 aliphatic rings. The van der Waals surface area contributed by atoms with Crippen LogP contribution in [0.25, 0.3) is 10.8 Å². The number of hydrogen-bond acceptors (Lipinski definition) is 2. The van der Waals surface area contributed by atoms with Crippen molar-refractivity contribution in [3.05, 3.63) is 48.0 Å². The van der Waals surface area contributed by atoms with Gasteiger partial charge in [0, 0.05) is 12.3 Å². The molecule has 1 amide bonds. The Labute approximate surface area is 110 Å². The molecule has 2 N–H and O–H groups in total. The molecular formula is C15H13NO3. The lowest BCUT2D eigenvalue weighted by atomic mass is 9.90. The topological polar surface area (TPSA) is 66.4 Å². The largest absolute Gasteiger partial charge is 0.480 e. The van der Waals surface area contributed by atoms with Crippen LogP contribution in [0, 0.1) is 0 Å². The lowest BCUT2D eigenvalue weighted by molar-refractivity contribution is -0.140. The van der Waals surface area contributed by atoms with E-state index in [1.54, 1.807) is 0 Å². The van der Waals surface area contributed by atoms with Crippen LogP contribution < -0.4 is 5.32 Å². The Kier molecular flexibility index (Phi) is 2.71. The minimum Gasteiger partial charge on any atom is -0.480 e. The van der Waals surface area contributed by atoms with Crippen molar-refractivity contribution >= 4 is 22.6 Å². The molecule has 2 atom stereocenters. The standard InChI is InChI=1S/C15H13NO3/c17-13-8-12(14(16-13)15(18)19)11-6-5-9-3-1-2-4-10(9)7-11/h1-7,12,14H,8H2,(H,16,17)(H,18,19)/t12-,14+/m0/s1. The van der Waals surface area contributed by atoms with Crippen molar-refractivity contribution in [3.63, 3.8) is 0 Å². The summed E-state index contributed by atoms with van der Waals surface area (Å²) in [6.07, 6.45) is 0.231. The van der Waals surface area contributed by atoms with Crippen LogP contribution in [0.1, 0.15) is 17.9 Å². The number of fused-ring (bicyclic) bond motifs is 1. The summed E-state index contributed by atoms with van der Waals surface area (Å²) < 4.78 is 0. The molecule has 3 rings (SSSR count). The number of hydrogen-bond donors (Lipinski definition) is 2. The zero-order chi connectivity index (χ0) is 13.4. The van der Waals surface area contributed by atoms with E-state index in [2.05, 4.69) is 5.32 Å². The monoisotopic (exact) mass is 255 g/mol. The second kappa shape index (κ2) is 4.39. The third-order valence-electron chi connectivity index (χ3n) is 3.59. The lowest BCUT2D eigenvalue weighted by Gasteiger charge is -2.15. The van der Waals surface area contributed by atoms with Gasteiger partial charge >= 0.3 is 5.97 Å². The summed E-state index contributed by atoms with van der Waals surface area (Å²) in [6, 6.07) is 12.9. The minimum atomic E-state index is -0.982. The molecule has 2 aromatic carbocycles. The summed E-state index contributed by atoms with van der Waals surface area (Å²) in [5.41, 5.74) is 0.893. The quantitative estimate of drug-likeness (QED) is 0.861. The van der Waals surface area contributed by atoms with Gasteiger partial charge in [0.25, 0.3) is 0 Å². The second-order valence-corrected chi connectivity index (χ2v) is 4.80. The molecule has 1 saturated heterocycles. The van der Waals surface area contributed by atoms with Gasteiger partial charge in [0.2, 0.25) is 5.91 Å². The molecule has 0 unspecified atom stereocenters. The number of carboxylic acids is 1. The van der Waals surface area contributed by atoms with Crippen molar-refractivity contribution < 1.29 is 14.7 Å². The van der Waals surface area contributed by atoms with Gasteiger partial charge in [-0.3, -0.25) is 4.79 Å². The van der Waals surface area contributed by atoms with E-state index < -0.39 is 12.0 Å². The van der Waals surface area contributed by atoms with E-state index in [4.69, 9.17) is 5.11 Å². The van der Waals surface area contributed by atoms with Gasteiger partial charge in [-0.15, -0.1) is 0 Å². The average molecular weight is 255 g/mol. The summed E-state index contributed by atoms with van der Waals surface area (Å²) in [6.45, 7) is 0. The molecule has 4 heteroatoms. The summed E-state index contributed by atoms with van der Waals surface area (Å²) in [7, 11) is 0. The molecular weight excluding hydrogens is 242 g/mol. The van der Waals surface area contributed by atoms with Crippen molar-refractivity contribution in [1.29, 1.82) is 0 Å². The molecule has 0 aromatic heterocycles. The fourth-order valence-corrected chi connectivity index (χ4v) is 2.63. The third kappa shape index (κ3) is 2.05. The maximum atomic E-state index is 11.4. The number of carbonyl (C=O) groups excluding carboxylic acids is 1. The van der Waals surface area contributed by atoms with Gasteiger partial charge in [-0.05, 0) is 16.3 Å². The normalized spacial score (nSPS) is 22.4. The number of rotatable bonds is 2. The highest BCUT2D eigenvalue weighted by atomic mass is 16.4. The fourth-order valence-electron chi connectivity index (χ4n) is 2.63. The third-order valence-corrected chi connectivity index (χ3v) is 3.59. The lowest BCUT2D eigenvalue weighted by Crippen LogP contribution is -2.36. The number of nitrogens with one attached hydrogen (secondary N) is 1. The highest BCUT2D eigenvalue weighted by Gasteiger charge is 2.38. The number of aliphatic carboxylic acids is 1. The van der Waals surface area contributed by atoms with Crippen LogP contribution in [0.2, 0.25) is 0 Å². The number of carboxylic acid groups (broad SMARTS) is 1. The Balaban J connectivity index is 2.03. The zero-order valence-electron chi connectivity index (χ0n) is 10.2. The molecule has 0 spiro atoms. The van der Waals surface area contributed by atoms with Gasteiger partial charge in [-0.25, -0.2) is 4.79 Å². The molecule has 4 nitrogen and oxygen atoms in total. The predicted octanol–water partition coefficient (Wildman–Crippen LogP) is 1.90. The molecule has 1 fully saturated rings. The predicted molar refractivity (Wildman–Crippen MR) is 70.9 cm³/mol. The van der Waals surface area contributed by atoms with Crippen LogP contribution in [0.5, 0.6) is 0 Å². The summed E-state index contributed by atoms with van der Waals surface area (Å²) >= 11 is 0. The fraction of sp³-hybridized carbons (Fsp3) is 0.200. The van der Waals surface area contributed by atoms with Crippen LogP contribution >= 0.6 is 0 Å². The molecule has 0 radical (unpaired) electrons. The van der Waals surface area contributed by atoms with Crippen LogP contribution in [0.3, 0.4) is 0 Å². The van der Waals surface area contributed by atoms with Gasteiger partial charge < -0.3 is 10.4 Å². The Hall–Kier alpha value is -2.36. The average Bonchev–Trinajstić information content (AvgIpc) is 2.80. The first-order valence-electron chi connectivity index (χ1n) is 6.16. The van der Waals surface area contributed by atoms with Crippen LogP contribution in [-0.2, 0) is 9.59 Å².